The molecule has 0 saturated carbocycles. The zero-order valence-electron chi connectivity index (χ0n) is 12.6. The fourth-order valence-corrected chi connectivity index (χ4v) is 1.25. The highest BCUT2D eigenvalue weighted by Crippen LogP contribution is 2.26. The van der Waals surface area contributed by atoms with Crippen molar-refractivity contribution in [1.82, 2.24) is 0 Å². The molecular formula is C15H22NO5-. The van der Waals surface area contributed by atoms with Gasteiger partial charge in [0, 0.05) is 6.07 Å². The minimum atomic E-state index is -1.19. The number of allylic oxidation sites excluding steroid dienone is 1. The Morgan fingerprint density at radius 1 is 1.43 bits per heavy atom. The van der Waals surface area contributed by atoms with Crippen molar-refractivity contribution >= 4 is 6.29 Å². The second-order valence-electron chi connectivity index (χ2n) is 4.12. The number of nitrogens with zero attached hydrogens (tertiary/aromatic N) is 1. The molecule has 118 valence electrons. The van der Waals surface area contributed by atoms with Crippen LogP contribution in [0.15, 0.2) is 30.5 Å². The topological polar surface area (TPSA) is 90.1 Å². The lowest BCUT2D eigenvalue weighted by Crippen LogP contribution is -2.12. The predicted octanol–water partition coefficient (Wildman–Crippen LogP) is 1.65. The Balaban J connectivity index is 0.000000567. The Kier molecular flexibility index (Phi) is 9.66. The third kappa shape index (κ3) is 7.96. The van der Waals surface area contributed by atoms with Crippen molar-refractivity contribution in [2.75, 3.05) is 20.8 Å². The zero-order chi connectivity index (χ0) is 16.3. The van der Waals surface area contributed by atoms with Crippen LogP contribution < -0.4 is 9.47 Å². The lowest BCUT2D eigenvalue weighted by Gasteiger charge is -2.22. The lowest BCUT2D eigenvalue weighted by atomic mass is 10.2. The van der Waals surface area contributed by atoms with E-state index in [1.54, 1.807) is 14.2 Å². The molecule has 1 atom stereocenters. The van der Waals surface area contributed by atoms with Crippen LogP contribution in [0.25, 0.3) is 5.32 Å². The van der Waals surface area contributed by atoms with E-state index in [1.165, 1.54) is 0 Å². The molecule has 0 spiro atoms. The average molecular weight is 296 g/mol. The maximum absolute atomic E-state index is 9.33. The van der Waals surface area contributed by atoms with E-state index in [2.05, 4.69) is 11.9 Å². The van der Waals surface area contributed by atoms with Gasteiger partial charge in [-0.2, -0.15) is 5.70 Å². The number of rotatable bonds is 7. The zero-order valence-corrected chi connectivity index (χ0v) is 12.6. The Hall–Kier alpha value is -2.05. The summed E-state index contributed by atoms with van der Waals surface area (Å²) in [6, 6.07) is 5.69. The molecular weight excluding hydrogens is 274 g/mol. The van der Waals surface area contributed by atoms with E-state index >= 15 is 0 Å². The Morgan fingerprint density at radius 3 is 2.48 bits per heavy atom. The van der Waals surface area contributed by atoms with Gasteiger partial charge < -0.3 is 29.8 Å². The fourth-order valence-electron chi connectivity index (χ4n) is 1.25. The van der Waals surface area contributed by atoms with Gasteiger partial charge in [-0.15, -0.1) is 13.1 Å². The van der Waals surface area contributed by atoms with Gasteiger partial charge in [0.25, 0.3) is 0 Å². The minimum absolute atomic E-state index is 0.278. The largest absolute Gasteiger partial charge is 0.685 e. The summed E-state index contributed by atoms with van der Waals surface area (Å²) in [6.45, 7) is 5.70. The van der Waals surface area contributed by atoms with Crippen LogP contribution in [0.3, 0.4) is 0 Å². The van der Waals surface area contributed by atoms with Gasteiger partial charge in [0.15, 0.2) is 6.29 Å². The van der Waals surface area contributed by atoms with Crippen molar-refractivity contribution in [3.05, 3.63) is 41.4 Å². The minimum Gasteiger partial charge on any atom is -0.685 e. The van der Waals surface area contributed by atoms with E-state index in [0.29, 0.717) is 6.54 Å². The first-order chi connectivity index (χ1) is 9.98. The van der Waals surface area contributed by atoms with E-state index in [9.17, 15) is 4.79 Å². The summed E-state index contributed by atoms with van der Waals surface area (Å²) in [5.74, 6) is 1.57. The first-order valence-corrected chi connectivity index (χ1v) is 6.26. The summed E-state index contributed by atoms with van der Waals surface area (Å²) in [5, 5.41) is 20.1. The average Bonchev–Trinajstić information content (AvgIpc) is 2.52. The van der Waals surface area contributed by atoms with Crippen LogP contribution in [-0.2, 0) is 11.3 Å². The van der Waals surface area contributed by atoms with E-state index < -0.39 is 12.7 Å². The number of hydrogen-bond acceptors (Lipinski definition) is 5. The third-order valence-corrected chi connectivity index (χ3v) is 2.36. The number of carbonyl (C=O) groups is 1. The van der Waals surface area contributed by atoms with Crippen LogP contribution in [0.4, 0.5) is 0 Å². The maximum Gasteiger partial charge on any atom is 0.150 e. The second-order valence-corrected chi connectivity index (χ2v) is 4.12. The smallest absolute Gasteiger partial charge is 0.150 e. The van der Waals surface area contributed by atoms with Gasteiger partial charge in [-0.25, -0.2) is 0 Å². The highest BCUT2D eigenvalue weighted by molar-refractivity contribution is 5.55. The molecule has 6 nitrogen and oxygen atoms in total. The molecule has 0 bridgehead atoms. The fraction of sp³-hybridized carbons (Fsp3) is 0.400. The molecule has 2 N–H and O–H groups in total. The van der Waals surface area contributed by atoms with Gasteiger partial charge in [-0.1, -0.05) is 13.0 Å². The number of ether oxygens (including phenoxy) is 2. The number of methoxy groups -OCH3 is 2. The third-order valence-electron chi connectivity index (χ3n) is 2.36. The Bertz CT molecular complexity index is 448. The maximum atomic E-state index is 9.33. The molecule has 21 heavy (non-hydrogen) atoms. The highest BCUT2D eigenvalue weighted by Gasteiger charge is 2.00. The molecule has 0 heterocycles. The van der Waals surface area contributed by atoms with Crippen LogP contribution in [0.5, 0.6) is 11.5 Å². The summed E-state index contributed by atoms with van der Waals surface area (Å²) < 4.78 is 10.4. The number of aldehydes is 1. The molecule has 6 heteroatoms. The van der Waals surface area contributed by atoms with E-state index in [-0.39, 0.29) is 6.29 Å². The van der Waals surface area contributed by atoms with E-state index in [0.717, 1.165) is 22.8 Å². The van der Waals surface area contributed by atoms with Crippen molar-refractivity contribution < 1.29 is 24.5 Å². The monoisotopic (exact) mass is 296 g/mol. The van der Waals surface area contributed by atoms with Gasteiger partial charge in [-0.05, 0) is 11.6 Å². The molecule has 0 fully saturated rings. The molecule has 0 aliphatic rings. The van der Waals surface area contributed by atoms with Crippen molar-refractivity contribution in [1.29, 1.82) is 0 Å². The van der Waals surface area contributed by atoms with Crippen molar-refractivity contribution in [2.45, 2.75) is 19.6 Å². The number of benzene rings is 1. The van der Waals surface area contributed by atoms with Crippen LogP contribution in [0.2, 0.25) is 0 Å². The SMILES string of the molecule is C=C(C)[N-]Cc1ccc(OC)cc1OC.O=C[C@@H](O)CO. The molecule has 0 radical (unpaired) electrons. The Labute approximate surface area is 125 Å². The molecule has 1 aromatic rings. The predicted molar refractivity (Wildman–Crippen MR) is 80.6 cm³/mol. The normalized spacial score (nSPS) is 10.7. The summed E-state index contributed by atoms with van der Waals surface area (Å²) >= 11 is 0. The first kappa shape index (κ1) is 18.9. The van der Waals surface area contributed by atoms with Crippen LogP contribution >= 0.6 is 0 Å². The molecule has 0 saturated heterocycles. The molecule has 0 aliphatic heterocycles. The summed E-state index contributed by atoms with van der Waals surface area (Å²) in [4.78, 5) is 9.33. The van der Waals surface area contributed by atoms with Crippen molar-refractivity contribution in [2.24, 2.45) is 0 Å². The molecule has 1 rings (SSSR count). The molecule has 1 aromatic carbocycles. The van der Waals surface area contributed by atoms with Crippen LogP contribution in [-0.4, -0.2) is 43.4 Å². The summed E-state index contributed by atoms with van der Waals surface area (Å²) in [6.07, 6.45) is -0.912. The van der Waals surface area contributed by atoms with Gasteiger partial charge >= 0.3 is 0 Å². The highest BCUT2D eigenvalue weighted by atomic mass is 16.5. The number of carbonyl (C=O) groups excluding carboxylic acids is 1. The number of aliphatic hydroxyl groups excluding tert-OH is 2. The van der Waals surface area contributed by atoms with Crippen LogP contribution in [0.1, 0.15) is 12.5 Å². The standard InChI is InChI=1S/C12H16NO2.C3H6O3/c1-9(2)13-8-10-5-6-11(14-3)7-12(10)15-4;4-1-3(6)2-5/h5-7H,1,8H2,2-4H3;1,3,5-6H,2H2/q-1;/t;3-/m.1/s1. The van der Waals surface area contributed by atoms with Gasteiger partial charge in [-0.3, -0.25) is 0 Å². The molecule has 0 amide bonds. The number of hydrogen-bond donors (Lipinski definition) is 2. The van der Waals surface area contributed by atoms with Crippen LogP contribution in [0, 0.1) is 0 Å². The van der Waals surface area contributed by atoms with Gasteiger partial charge in [0.2, 0.25) is 0 Å². The summed E-state index contributed by atoms with van der Waals surface area (Å²) in [7, 11) is 3.27. The van der Waals surface area contributed by atoms with Gasteiger partial charge in [0.05, 0.1) is 20.8 Å². The lowest BCUT2D eigenvalue weighted by molar-refractivity contribution is -0.116. The molecule has 0 aromatic heterocycles. The van der Waals surface area contributed by atoms with Gasteiger partial charge in [0.1, 0.15) is 17.6 Å². The van der Waals surface area contributed by atoms with Crippen molar-refractivity contribution in [3.63, 3.8) is 0 Å². The molecule has 0 unspecified atom stereocenters. The summed E-state index contributed by atoms with van der Waals surface area (Å²) in [5.41, 5.74) is 1.84. The second kappa shape index (κ2) is 10.7. The Morgan fingerprint density at radius 2 is 2.10 bits per heavy atom. The molecule has 0 aliphatic carbocycles. The van der Waals surface area contributed by atoms with Crippen molar-refractivity contribution in [3.8, 4) is 11.5 Å². The first-order valence-electron chi connectivity index (χ1n) is 6.26. The number of aliphatic hydroxyl groups is 2. The quantitative estimate of drug-likeness (QED) is 0.747. The van der Waals surface area contributed by atoms with E-state index in [1.807, 2.05) is 25.1 Å². The van der Waals surface area contributed by atoms with E-state index in [4.69, 9.17) is 19.7 Å².